The SMILES string of the molecule is CN(C(=O)C[NH+]1CCN(S(=O)(=O)c2cccc(F)c2)CC1)C(C)(C)C#N. The predicted molar refractivity (Wildman–Crippen MR) is 93.2 cm³/mol. The van der Waals surface area contributed by atoms with E-state index in [9.17, 15) is 17.6 Å². The van der Waals surface area contributed by atoms with Crippen molar-refractivity contribution in [3.63, 3.8) is 0 Å². The molecule has 26 heavy (non-hydrogen) atoms. The van der Waals surface area contributed by atoms with Gasteiger partial charge in [-0.15, -0.1) is 0 Å². The molecule has 1 aromatic carbocycles. The van der Waals surface area contributed by atoms with Gasteiger partial charge in [0.1, 0.15) is 11.4 Å². The van der Waals surface area contributed by atoms with Crippen molar-refractivity contribution < 1.29 is 22.5 Å². The van der Waals surface area contributed by atoms with E-state index in [0.717, 1.165) is 11.0 Å². The van der Waals surface area contributed by atoms with Gasteiger partial charge in [0.25, 0.3) is 5.91 Å². The first-order chi connectivity index (χ1) is 12.1. The molecule has 1 fully saturated rings. The number of likely N-dealkylation sites (N-methyl/N-ethyl adjacent to an activating group) is 1. The molecule has 0 unspecified atom stereocenters. The van der Waals surface area contributed by atoms with Crippen molar-refractivity contribution in [1.29, 1.82) is 5.26 Å². The average Bonchev–Trinajstić information content (AvgIpc) is 2.61. The fourth-order valence-electron chi connectivity index (χ4n) is 2.72. The summed E-state index contributed by atoms with van der Waals surface area (Å²) in [6, 6.07) is 7.04. The second kappa shape index (κ2) is 7.70. The Morgan fingerprint density at radius 2 is 2.00 bits per heavy atom. The number of hydrogen-bond donors (Lipinski definition) is 1. The minimum Gasteiger partial charge on any atom is -0.325 e. The van der Waals surface area contributed by atoms with Gasteiger partial charge in [0.2, 0.25) is 10.0 Å². The van der Waals surface area contributed by atoms with Gasteiger partial charge in [-0.2, -0.15) is 9.57 Å². The van der Waals surface area contributed by atoms with Crippen molar-refractivity contribution in [2.24, 2.45) is 0 Å². The molecule has 7 nitrogen and oxygen atoms in total. The molecule has 1 saturated heterocycles. The van der Waals surface area contributed by atoms with Crippen LogP contribution in [0.5, 0.6) is 0 Å². The quantitative estimate of drug-likeness (QED) is 0.741. The van der Waals surface area contributed by atoms with Crippen LogP contribution in [-0.4, -0.2) is 68.8 Å². The maximum Gasteiger partial charge on any atom is 0.278 e. The lowest BCUT2D eigenvalue weighted by Crippen LogP contribution is -3.15. The summed E-state index contributed by atoms with van der Waals surface area (Å²) in [5.74, 6) is -0.753. The summed E-state index contributed by atoms with van der Waals surface area (Å²) in [4.78, 5) is 14.6. The Morgan fingerprint density at radius 3 is 2.54 bits per heavy atom. The third kappa shape index (κ3) is 4.38. The number of nitriles is 1. The van der Waals surface area contributed by atoms with E-state index in [4.69, 9.17) is 5.26 Å². The number of hydrogen-bond acceptors (Lipinski definition) is 4. The molecule has 2 rings (SSSR count). The molecule has 9 heteroatoms. The summed E-state index contributed by atoms with van der Waals surface area (Å²) in [5, 5.41) is 9.12. The van der Waals surface area contributed by atoms with E-state index in [0.29, 0.717) is 13.1 Å². The lowest BCUT2D eigenvalue weighted by atomic mass is 10.1. The van der Waals surface area contributed by atoms with Crippen LogP contribution in [0, 0.1) is 17.1 Å². The van der Waals surface area contributed by atoms with Crippen molar-refractivity contribution in [2.45, 2.75) is 24.3 Å². The highest BCUT2D eigenvalue weighted by Crippen LogP contribution is 2.16. The van der Waals surface area contributed by atoms with E-state index < -0.39 is 21.4 Å². The van der Waals surface area contributed by atoms with Crippen molar-refractivity contribution in [1.82, 2.24) is 9.21 Å². The summed E-state index contributed by atoms with van der Waals surface area (Å²) < 4.78 is 39.8. The first kappa shape index (κ1) is 20.3. The van der Waals surface area contributed by atoms with Crippen LogP contribution in [-0.2, 0) is 14.8 Å². The first-order valence-corrected chi connectivity index (χ1v) is 9.79. The van der Waals surface area contributed by atoms with E-state index in [2.05, 4.69) is 6.07 Å². The summed E-state index contributed by atoms with van der Waals surface area (Å²) >= 11 is 0. The molecular weight excluding hydrogens is 359 g/mol. The Balaban J connectivity index is 1.97. The number of benzene rings is 1. The van der Waals surface area contributed by atoms with E-state index in [-0.39, 0.29) is 30.4 Å². The number of halogens is 1. The van der Waals surface area contributed by atoms with Gasteiger partial charge >= 0.3 is 0 Å². The van der Waals surface area contributed by atoms with Crippen LogP contribution >= 0.6 is 0 Å². The summed E-state index contributed by atoms with van der Waals surface area (Å²) in [5.41, 5.74) is -0.890. The average molecular weight is 383 g/mol. The molecule has 0 bridgehead atoms. The monoisotopic (exact) mass is 383 g/mol. The van der Waals surface area contributed by atoms with E-state index >= 15 is 0 Å². The van der Waals surface area contributed by atoms with E-state index in [1.807, 2.05) is 0 Å². The Morgan fingerprint density at radius 1 is 1.38 bits per heavy atom. The Bertz CT molecular complexity index is 812. The number of rotatable bonds is 5. The maximum atomic E-state index is 13.3. The smallest absolute Gasteiger partial charge is 0.278 e. The zero-order valence-electron chi connectivity index (χ0n) is 15.2. The summed E-state index contributed by atoms with van der Waals surface area (Å²) in [6.45, 7) is 5.00. The number of sulfonamides is 1. The zero-order valence-corrected chi connectivity index (χ0v) is 16.0. The Labute approximate surface area is 153 Å². The third-order valence-corrected chi connectivity index (χ3v) is 6.65. The maximum absolute atomic E-state index is 13.3. The number of nitrogens with zero attached hydrogens (tertiary/aromatic N) is 3. The van der Waals surface area contributed by atoms with Crippen molar-refractivity contribution in [3.05, 3.63) is 30.1 Å². The molecular formula is C17H24FN4O3S+. The van der Waals surface area contributed by atoms with E-state index in [1.54, 1.807) is 20.9 Å². The molecule has 0 atom stereocenters. The minimum absolute atomic E-state index is 0.0625. The number of quaternary nitrogens is 1. The fraction of sp³-hybridized carbons (Fsp3) is 0.529. The van der Waals surface area contributed by atoms with Crippen LogP contribution in [0.2, 0.25) is 0 Å². The predicted octanol–water partition coefficient (Wildman–Crippen LogP) is -0.525. The van der Waals surface area contributed by atoms with Crippen LogP contribution in [0.3, 0.4) is 0 Å². The largest absolute Gasteiger partial charge is 0.325 e. The topological polar surface area (TPSA) is 85.9 Å². The molecule has 0 spiro atoms. The molecule has 1 heterocycles. The van der Waals surface area contributed by atoms with Gasteiger partial charge in [0.15, 0.2) is 6.54 Å². The van der Waals surface area contributed by atoms with Crippen LogP contribution < -0.4 is 4.90 Å². The lowest BCUT2D eigenvalue weighted by molar-refractivity contribution is -0.896. The second-order valence-electron chi connectivity index (χ2n) is 6.91. The highest BCUT2D eigenvalue weighted by Gasteiger charge is 2.34. The number of piperazine rings is 1. The highest BCUT2D eigenvalue weighted by atomic mass is 32.2. The number of carbonyl (C=O) groups is 1. The molecule has 1 N–H and O–H groups in total. The van der Waals surface area contributed by atoms with Gasteiger partial charge in [-0.3, -0.25) is 4.79 Å². The summed E-state index contributed by atoms with van der Waals surface area (Å²) in [7, 11) is -2.15. The molecule has 0 aliphatic carbocycles. The Kier molecular flexibility index (Phi) is 6.01. The highest BCUT2D eigenvalue weighted by molar-refractivity contribution is 7.89. The molecule has 0 saturated carbocycles. The molecule has 0 aromatic heterocycles. The fourth-order valence-corrected chi connectivity index (χ4v) is 4.19. The van der Waals surface area contributed by atoms with Gasteiger partial charge in [-0.05, 0) is 32.0 Å². The standard InChI is InChI=1S/C17H23FN4O3S/c1-17(2,13-19)20(3)16(23)12-21-7-9-22(10-8-21)26(24,25)15-6-4-5-14(18)11-15/h4-6,11H,7-10,12H2,1-3H3/p+1. The van der Waals surface area contributed by atoms with Gasteiger partial charge < -0.3 is 9.80 Å². The van der Waals surface area contributed by atoms with Crippen LogP contribution in [0.15, 0.2) is 29.2 Å². The molecule has 0 radical (unpaired) electrons. The number of amides is 1. The summed E-state index contributed by atoms with van der Waals surface area (Å²) in [6.07, 6.45) is 0. The molecule has 1 amide bonds. The second-order valence-corrected chi connectivity index (χ2v) is 8.85. The Hall–Kier alpha value is -2.02. The van der Waals surface area contributed by atoms with Crippen LogP contribution in [0.25, 0.3) is 0 Å². The van der Waals surface area contributed by atoms with Gasteiger partial charge in [0, 0.05) is 7.05 Å². The normalized spacial score (nSPS) is 16.9. The molecule has 1 aliphatic rings. The van der Waals surface area contributed by atoms with Gasteiger partial charge in [0.05, 0.1) is 37.1 Å². The molecule has 142 valence electrons. The van der Waals surface area contributed by atoms with Crippen molar-refractivity contribution in [3.8, 4) is 6.07 Å². The van der Waals surface area contributed by atoms with Crippen molar-refractivity contribution >= 4 is 15.9 Å². The van der Waals surface area contributed by atoms with Crippen LogP contribution in [0.4, 0.5) is 4.39 Å². The van der Waals surface area contributed by atoms with Gasteiger partial charge in [-0.1, -0.05) is 6.07 Å². The van der Waals surface area contributed by atoms with Gasteiger partial charge in [-0.25, -0.2) is 12.8 Å². The third-order valence-electron chi connectivity index (χ3n) is 4.75. The first-order valence-electron chi connectivity index (χ1n) is 8.35. The number of nitrogens with one attached hydrogen (secondary N) is 1. The molecule has 1 aromatic rings. The minimum atomic E-state index is -3.74. The lowest BCUT2D eigenvalue weighted by Gasteiger charge is -2.34. The van der Waals surface area contributed by atoms with Crippen molar-refractivity contribution in [2.75, 3.05) is 39.8 Å². The van der Waals surface area contributed by atoms with Crippen LogP contribution in [0.1, 0.15) is 13.8 Å². The molecule has 1 aliphatic heterocycles. The zero-order chi connectivity index (χ0) is 19.5. The van der Waals surface area contributed by atoms with E-state index in [1.165, 1.54) is 27.4 Å². The number of carbonyl (C=O) groups excluding carboxylic acids is 1.